The quantitative estimate of drug-likeness (QED) is 0.402. The Hall–Kier alpha value is -2.66. The van der Waals surface area contributed by atoms with Gasteiger partial charge >= 0.3 is 5.97 Å². The Balaban J connectivity index is 2.47. The van der Waals surface area contributed by atoms with Crippen molar-refractivity contribution < 1.29 is 14.8 Å². The Bertz CT molecular complexity index is 723. The highest BCUT2D eigenvalue weighted by atomic mass is 35.5. The van der Waals surface area contributed by atoms with Crippen molar-refractivity contribution in [1.82, 2.24) is 0 Å². The Morgan fingerprint density at radius 2 is 1.86 bits per heavy atom. The first kappa shape index (κ1) is 14.7. The number of nitro benzene ring substituents is 1. The average Bonchev–Trinajstić information content (AvgIpc) is 2.46. The summed E-state index contributed by atoms with van der Waals surface area (Å²) < 4.78 is 0. The maximum atomic E-state index is 11.4. The van der Waals surface area contributed by atoms with Crippen LogP contribution in [0.4, 0.5) is 5.69 Å². The number of hydrogen-bond donors (Lipinski definition) is 1. The maximum absolute atomic E-state index is 11.4. The van der Waals surface area contributed by atoms with Crippen LogP contribution in [0.15, 0.2) is 48.5 Å². The number of carbonyl (C=O) groups is 1. The van der Waals surface area contributed by atoms with E-state index < -0.39 is 10.9 Å². The molecule has 0 saturated heterocycles. The van der Waals surface area contributed by atoms with E-state index in [2.05, 4.69) is 0 Å². The van der Waals surface area contributed by atoms with Crippen LogP contribution >= 0.6 is 11.6 Å². The molecular weight excluding hydrogens is 294 g/mol. The number of nitro groups is 1. The van der Waals surface area contributed by atoms with Crippen molar-refractivity contribution in [3.63, 3.8) is 0 Å². The zero-order valence-corrected chi connectivity index (χ0v) is 11.4. The lowest BCUT2D eigenvalue weighted by Gasteiger charge is -2.03. The molecule has 0 amide bonds. The van der Waals surface area contributed by atoms with E-state index in [1.165, 1.54) is 24.3 Å². The van der Waals surface area contributed by atoms with Gasteiger partial charge in [-0.3, -0.25) is 10.1 Å². The standard InChI is InChI=1S/C15H10ClNO4/c16-12-6-4-11(5-7-12)14(15(18)19)9-10-2-1-3-13(8-10)17(20)21/h1-9H,(H,18,19). The Morgan fingerprint density at radius 3 is 2.43 bits per heavy atom. The number of halogens is 1. The largest absolute Gasteiger partial charge is 0.478 e. The second-order valence-corrected chi connectivity index (χ2v) is 4.66. The molecule has 106 valence electrons. The zero-order valence-electron chi connectivity index (χ0n) is 10.7. The number of hydrogen-bond acceptors (Lipinski definition) is 3. The molecule has 21 heavy (non-hydrogen) atoms. The van der Waals surface area contributed by atoms with E-state index >= 15 is 0 Å². The molecule has 0 bridgehead atoms. The Labute approximate surface area is 125 Å². The average molecular weight is 304 g/mol. The summed E-state index contributed by atoms with van der Waals surface area (Å²) in [6.45, 7) is 0. The molecule has 0 atom stereocenters. The molecule has 0 aliphatic rings. The number of carboxylic acids is 1. The molecule has 0 fully saturated rings. The summed E-state index contributed by atoms with van der Waals surface area (Å²) >= 11 is 5.77. The van der Waals surface area contributed by atoms with Gasteiger partial charge in [-0.15, -0.1) is 0 Å². The van der Waals surface area contributed by atoms with Crippen molar-refractivity contribution in [1.29, 1.82) is 0 Å². The molecule has 0 aliphatic heterocycles. The molecule has 0 radical (unpaired) electrons. The number of benzene rings is 2. The fourth-order valence-corrected chi connectivity index (χ4v) is 1.92. The first-order chi connectivity index (χ1) is 9.97. The number of rotatable bonds is 4. The van der Waals surface area contributed by atoms with Crippen LogP contribution in [0.2, 0.25) is 5.02 Å². The summed E-state index contributed by atoms with van der Waals surface area (Å²) in [5, 5.41) is 20.5. The van der Waals surface area contributed by atoms with Crippen molar-refractivity contribution in [3.05, 3.63) is 74.8 Å². The molecule has 0 aliphatic carbocycles. The monoisotopic (exact) mass is 303 g/mol. The normalized spacial score (nSPS) is 11.2. The minimum absolute atomic E-state index is 0.0344. The van der Waals surface area contributed by atoms with Crippen LogP contribution in [0.1, 0.15) is 11.1 Å². The highest BCUT2D eigenvalue weighted by molar-refractivity contribution is 6.30. The molecule has 2 aromatic carbocycles. The fourth-order valence-electron chi connectivity index (χ4n) is 1.79. The summed E-state index contributed by atoms with van der Waals surface area (Å²) in [7, 11) is 0. The van der Waals surface area contributed by atoms with Gasteiger partial charge in [0.15, 0.2) is 0 Å². The molecule has 2 aromatic rings. The molecule has 0 heterocycles. The van der Waals surface area contributed by atoms with Gasteiger partial charge in [0, 0.05) is 17.2 Å². The van der Waals surface area contributed by atoms with Gasteiger partial charge in [-0.2, -0.15) is 0 Å². The molecule has 0 unspecified atom stereocenters. The molecule has 0 spiro atoms. The Kier molecular flexibility index (Phi) is 4.35. The van der Waals surface area contributed by atoms with Gasteiger partial charge in [-0.1, -0.05) is 35.9 Å². The van der Waals surface area contributed by atoms with Crippen molar-refractivity contribution in [2.24, 2.45) is 0 Å². The smallest absolute Gasteiger partial charge is 0.336 e. The number of non-ortho nitro benzene ring substituents is 1. The second-order valence-electron chi connectivity index (χ2n) is 4.22. The number of aliphatic carboxylic acids is 1. The predicted molar refractivity (Wildman–Crippen MR) is 80.1 cm³/mol. The minimum Gasteiger partial charge on any atom is -0.478 e. The lowest BCUT2D eigenvalue weighted by atomic mass is 10.0. The number of nitrogens with zero attached hydrogens (tertiary/aromatic N) is 1. The van der Waals surface area contributed by atoms with Crippen LogP contribution in [0.5, 0.6) is 0 Å². The van der Waals surface area contributed by atoms with Crippen LogP contribution in [-0.4, -0.2) is 16.0 Å². The third-order valence-electron chi connectivity index (χ3n) is 2.78. The topological polar surface area (TPSA) is 80.4 Å². The van der Waals surface area contributed by atoms with Crippen molar-refractivity contribution >= 4 is 34.9 Å². The van der Waals surface area contributed by atoms with Crippen molar-refractivity contribution in [2.45, 2.75) is 0 Å². The zero-order chi connectivity index (χ0) is 15.4. The third kappa shape index (κ3) is 3.67. The number of carboxylic acid groups (broad SMARTS) is 1. The van der Waals surface area contributed by atoms with E-state index in [1.54, 1.807) is 30.3 Å². The molecule has 1 N–H and O–H groups in total. The molecule has 2 rings (SSSR count). The van der Waals surface area contributed by atoms with E-state index in [0.717, 1.165) is 0 Å². The highest BCUT2D eigenvalue weighted by Crippen LogP contribution is 2.22. The summed E-state index contributed by atoms with van der Waals surface area (Å²) in [5.41, 5.74) is 0.853. The summed E-state index contributed by atoms with van der Waals surface area (Å²) in [4.78, 5) is 21.6. The Morgan fingerprint density at radius 1 is 1.19 bits per heavy atom. The highest BCUT2D eigenvalue weighted by Gasteiger charge is 2.12. The van der Waals surface area contributed by atoms with E-state index in [9.17, 15) is 20.0 Å². The van der Waals surface area contributed by atoms with Gasteiger partial charge < -0.3 is 5.11 Å². The molecule has 0 aromatic heterocycles. The SMILES string of the molecule is O=C(O)C(=Cc1cccc([N+](=O)[O-])c1)c1ccc(Cl)cc1. The van der Waals surface area contributed by atoms with Crippen LogP contribution in [0, 0.1) is 10.1 Å². The van der Waals surface area contributed by atoms with Crippen molar-refractivity contribution in [3.8, 4) is 0 Å². The molecular formula is C15H10ClNO4. The van der Waals surface area contributed by atoms with Crippen LogP contribution in [-0.2, 0) is 4.79 Å². The summed E-state index contributed by atoms with van der Waals surface area (Å²) in [5.74, 6) is -1.12. The fraction of sp³-hybridized carbons (Fsp3) is 0. The van der Waals surface area contributed by atoms with Gasteiger partial charge in [0.2, 0.25) is 0 Å². The van der Waals surface area contributed by atoms with Gasteiger partial charge in [-0.05, 0) is 29.3 Å². The lowest BCUT2D eigenvalue weighted by molar-refractivity contribution is -0.384. The van der Waals surface area contributed by atoms with E-state index in [-0.39, 0.29) is 11.3 Å². The first-order valence-corrected chi connectivity index (χ1v) is 6.30. The van der Waals surface area contributed by atoms with Crippen LogP contribution < -0.4 is 0 Å². The van der Waals surface area contributed by atoms with E-state index in [1.807, 2.05) is 0 Å². The van der Waals surface area contributed by atoms with Crippen LogP contribution in [0.25, 0.3) is 11.6 Å². The predicted octanol–water partition coefficient (Wildman–Crippen LogP) is 3.87. The summed E-state index contributed by atoms with van der Waals surface area (Å²) in [6, 6.07) is 12.1. The second kappa shape index (κ2) is 6.19. The minimum atomic E-state index is -1.12. The van der Waals surface area contributed by atoms with Gasteiger partial charge in [-0.25, -0.2) is 4.79 Å². The van der Waals surface area contributed by atoms with E-state index in [0.29, 0.717) is 16.1 Å². The van der Waals surface area contributed by atoms with Crippen molar-refractivity contribution in [2.75, 3.05) is 0 Å². The van der Waals surface area contributed by atoms with Gasteiger partial charge in [0.1, 0.15) is 0 Å². The van der Waals surface area contributed by atoms with Crippen LogP contribution in [0.3, 0.4) is 0 Å². The lowest BCUT2D eigenvalue weighted by Crippen LogP contribution is -1.99. The molecule has 5 nitrogen and oxygen atoms in total. The maximum Gasteiger partial charge on any atom is 0.336 e. The molecule has 6 heteroatoms. The first-order valence-electron chi connectivity index (χ1n) is 5.93. The van der Waals surface area contributed by atoms with Gasteiger partial charge in [0.25, 0.3) is 5.69 Å². The van der Waals surface area contributed by atoms with Gasteiger partial charge in [0.05, 0.1) is 10.5 Å². The third-order valence-corrected chi connectivity index (χ3v) is 3.03. The van der Waals surface area contributed by atoms with E-state index in [4.69, 9.17) is 11.6 Å². The molecule has 0 saturated carbocycles. The summed E-state index contributed by atoms with van der Waals surface area (Å²) in [6.07, 6.45) is 1.39.